The van der Waals surface area contributed by atoms with Crippen LogP contribution in [0, 0.1) is 0 Å². The van der Waals surface area contributed by atoms with E-state index in [0.29, 0.717) is 11.3 Å². The van der Waals surface area contributed by atoms with Gasteiger partial charge in [0.15, 0.2) is 5.76 Å². The third kappa shape index (κ3) is 4.07. The lowest BCUT2D eigenvalue weighted by molar-refractivity contribution is 0.102. The Hall–Kier alpha value is -3.50. The molecule has 2 aromatic heterocycles. The van der Waals surface area contributed by atoms with Gasteiger partial charge in [-0.15, -0.1) is 5.10 Å². The van der Waals surface area contributed by atoms with Crippen molar-refractivity contribution in [2.75, 3.05) is 12.4 Å². The smallest absolute Gasteiger partial charge is 0.322 e. The topological polar surface area (TPSA) is 119 Å². The Kier molecular flexibility index (Phi) is 5.34. The third-order valence-electron chi connectivity index (χ3n) is 4.80. The van der Waals surface area contributed by atoms with Crippen LogP contribution in [0.3, 0.4) is 0 Å². The number of carbonyl (C=O) groups excluding carboxylic acids is 1. The second-order valence-electron chi connectivity index (χ2n) is 7.15. The van der Waals surface area contributed by atoms with Crippen LogP contribution < -0.4 is 5.32 Å². The monoisotopic (exact) mass is 440 g/mol. The molecule has 0 spiro atoms. The molecule has 4 rings (SSSR count). The number of furan rings is 1. The summed E-state index contributed by atoms with van der Waals surface area (Å²) in [5.41, 5.74) is 0.925. The summed E-state index contributed by atoms with van der Waals surface area (Å²) < 4.78 is 37.5. The predicted octanol–water partition coefficient (Wildman–Crippen LogP) is 3.76. The highest BCUT2D eigenvalue weighted by molar-refractivity contribution is 7.89. The van der Waals surface area contributed by atoms with Crippen LogP contribution in [0.2, 0.25) is 0 Å². The summed E-state index contributed by atoms with van der Waals surface area (Å²) in [5, 5.41) is 11.1. The van der Waals surface area contributed by atoms with E-state index in [1.807, 2.05) is 24.3 Å². The summed E-state index contributed by atoms with van der Waals surface area (Å²) in [6.45, 7) is 3.56. The molecule has 0 radical (unpaired) electrons. The Morgan fingerprint density at radius 2 is 1.74 bits per heavy atom. The number of carbonyl (C=O) groups is 1. The van der Waals surface area contributed by atoms with Gasteiger partial charge < -0.3 is 8.83 Å². The second-order valence-corrected chi connectivity index (χ2v) is 9.15. The van der Waals surface area contributed by atoms with Gasteiger partial charge in [-0.2, -0.15) is 4.31 Å². The van der Waals surface area contributed by atoms with Gasteiger partial charge in [-0.25, -0.2) is 8.42 Å². The maximum absolute atomic E-state index is 12.5. The van der Waals surface area contributed by atoms with Crippen molar-refractivity contribution in [1.29, 1.82) is 0 Å². The molecule has 0 aliphatic heterocycles. The normalized spacial score (nSPS) is 12.0. The number of nitrogens with one attached hydrogen (secondary N) is 1. The minimum Gasteiger partial charge on any atom is -0.451 e. The number of anilines is 1. The molecule has 0 saturated carbocycles. The van der Waals surface area contributed by atoms with Gasteiger partial charge in [0.05, 0.1) is 4.90 Å². The predicted molar refractivity (Wildman–Crippen MR) is 114 cm³/mol. The standard InChI is InChI=1S/C21H20N4O5S/c1-13(2)25(3)31(27,28)16-10-8-14(9-11-16)19(26)22-21-24-23-20(30-21)18-12-15-6-4-5-7-17(15)29-18/h4-13H,1-3H3,(H,22,24,26). The first-order chi connectivity index (χ1) is 14.8. The zero-order chi connectivity index (χ0) is 22.2. The molecule has 0 fully saturated rings. The Morgan fingerprint density at radius 1 is 1.03 bits per heavy atom. The summed E-state index contributed by atoms with van der Waals surface area (Å²) in [5.74, 6) is 0.00339. The van der Waals surface area contributed by atoms with Gasteiger partial charge in [0.25, 0.3) is 11.8 Å². The van der Waals surface area contributed by atoms with Gasteiger partial charge in [0.1, 0.15) is 5.58 Å². The van der Waals surface area contributed by atoms with Crippen LogP contribution in [0.25, 0.3) is 22.6 Å². The Balaban J connectivity index is 1.49. The van der Waals surface area contributed by atoms with Crippen molar-refractivity contribution in [3.63, 3.8) is 0 Å². The largest absolute Gasteiger partial charge is 0.451 e. The molecule has 0 aliphatic rings. The van der Waals surface area contributed by atoms with E-state index in [0.717, 1.165) is 5.39 Å². The Bertz CT molecular complexity index is 1310. The van der Waals surface area contributed by atoms with E-state index in [4.69, 9.17) is 8.83 Å². The maximum Gasteiger partial charge on any atom is 0.322 e. The summed E-state index contributed by atoms with van der Waals surface area (Å²) in [4.78, 5) is 12.6. The van der Waals surface area contributed by atoms with E-state index in [1.54, 1.807) is 19.9 Å². The SMILES string of the molecule is CC(C)N(C)S(=O)(=O)c1ccc(C(=O)Nc2nnc(-c3cc4ccccc4o3)o2)cc1. The van der Waals surface area contributed by atoms with Crippen LogP contribution >= 0.6 is 0 Å². The number of nitrogens with zero attached hydrogens (tertiary/aromatic N) is 3. The molecule has 0 saturated heterocycles. The highest BCUT2D eigenvalue weighted by atomic mass is 32.2. The molecule has 0 aliphatic carbocycles. The molecule has 9 nitrogen and oxygen atoms in total. The van der Waals surface area contributed by atoms with Crippen LogP contribution in [-0.4, -0.2) is 41.9 Å². The first-order valence-electron chi connectivity index (χ1n) is 9.47. The number of amides is 1. The lowest BCUT2D eigenvalue weighted by Gasteiger charge is -2.20. The zero-order valence-corrected chi connectivity index (χ0v) is 17.9. The lowest BCUT2D eigenvalue weighted by Crippen LogP contribution is -2.33. The van der Waals surface area contributed by atoms with E-state index in [9.17, 15) is 13.2 Å². The van der Waals surface area contributed by atoms with Crippen molar-refractivity contribution in [3.05, 3.63) is 60.2 Å². The average Bonchev–Trinajstić information content (AvgIpc) is 3.39. The number of hydrogen-bond acceptors (Lipinski definition) is 7. The minimum absolute atomic E-state index is 0.100. The summed E-state index contributed by atoms with van der Waals surface area (Å²) in [6.07, 6.45) is 0. The van der Waals surface area contributed by atoms with Crippen LogP contribution in [0.5, 0.6) is 0 Å². The molecule has 4 aromatic rings. The van der Waals surface area contributed by atoms with Crippen molar-refractivity contribution in [1.82, 2.24) is 14.5 Å². The highest BCUT2D eigenvalue weighted by Crippen LogP contribution is 2.27. The highest BCUT2D eigenvalue weighted by Gasteiger charge is 2.23. The number of hydrogen-bond donors (Lipinski definition) is 1. The van der Waals surface area contributed by atoms with Gasteiger partial charge >= 0.3 is 6.01 Å². The first kappa shape index (κ1) is 20.8. The average molecular weight is 440 g/mol. The fourth-order valence-corrected chi connectivity index (χ4v) is 4.22. The first-order valence-corrected chi connectivity index (χ1v) is 10.9. The third-order valence-corrected chi connectivity index (χ3v) is 6.85. The van der Waals surface area contributed by atoms with Crippen molar-refractivity contribution in [2.45, 2.75) is 24.8 Å². The van der Waals surface area contributed by atoms with Gasteiger partial charge in [-0.3, -0.25) is 10.1 Å². The summed E-state index contributed by atoms with van der Waals surface area (Å²) in [7, 11) is -2.12. The van der Waals surface area contributed by atoms with Crippen LogP contribution in [0.4, 0.5) is 6.01 Å². The number of sulfonamides is 1. The maximum atomic E-state index is 12.5. The summed E-state index contributed by atoms with van der Waals surface area (Å²) in [6, 6.07) is 14.5. The molecular formula is C21H20N4O5S. The van der Waals surface area contributed by atoms with Crippen molar-refractivity contribution in [2.24, 2.45) is 0 Å². The lowest BCUT2D eigenvalue weighted by atomic mass is 10.2. The van der Waals surface area contributed by atoms with E-state index in [1.165, 1.54) is 35.6 Å². The number of aromatic nitrogens is 2. The molecule has 0 bridgehead atoms. The van der Waals surface area contributed by atoms with Crippen LogP contribution in [0.15, 0.2) is 68.3 Å². The number of fused-ring (bicyclic) bond motifs is 1. The molecule has 160 valence electrons. The van der Waals surface area contributed by atoms with Gasteiger partial charge in [0.2, 0.25) is 10.0 Å². The molecule has 1 amide bonds. The van der Waals surface area contributed by atoms with Crippen molar-refractivity contribution < 1.29 is 22.0 Å². The zero-order valence-electron chi connectivity index (χ0n) is 17.1. The Labute approximate surface area is 178 Å². The number of benzene rings is 2. The fourth-order valence-electron chi connectivity index (χ4n) is 2.85. The molecule has 2 heterocycles. The molecule has 0 atom stereocenters. The molecular weight excluding hydrogens is 420 g/mol. The van der Waals surface area contributed by atoms with E-state index in [-0.39, 0.29) is 28.4 Å². The van der Waals surface area contributed by atoms with Crippen LogP contribution in [0.1, 0.15) is 24.2 Å². The van der Waals surface area contributed by atoms with Gasteiger partial charge in [-0.1, -0.05) is 23.3 Å². The molecule has 1 N–H and O–H groups in total. The number of rotatable bonds is 6. The van der Waals surface area contributed by atoms with Crippen molar-refractivity contribution >= 4 is 32.9 Å². The quantitative estimate of drug-likeness (QED) is 0.485. The van der Waals surface area contributed by atoms with E-state index >= 15 is 0 Å². The van der Waals surface area contributed by atoms with E-state index in [2.05, 4.69) is 15.5 Å². The van der Waals surface area contributed by atoms with Crippen LogP contribution in [-0.2, 0) is 10.0 Å². The molecule has 31 heavy (non-hydrogen) atoms. The molecule has 10 heteroatoms. The summed E-state index contributed by atoms with van der Waals surface area (Å²) >= 11 is 0. The van der Waals surface area contributed by atoms with Crippen molar-refractivity contribution in [3.8, 4) is 11.7 Å². The van der Waals surface area contributed by atoms with E-state index < -0.39 is 15.9 Å². The van der Waals surface area contributed by atoms with Gasteiger partial charge in [0, 0.05) is 24.0 Å². The molecule has 2 aromatic carbocycles. The molecule has 0 unspecified atom stereocenters. The van der Waals surface area contributed by atoms with Gasteiger partial charge in [-0.05, 0) is 50.2 Å². The Morgan fingerprint density at radius 3 is 2.42 bits per heavy atom. The minimum atomic E-state index is -3.63. The second kappa shape index (κ2) is 7.97. The number of para-hydroxylation sites is 1. The fraction of sp³-hybridized carbons (Fsp3) is 0.190.